The second-order valence-electron chi connectivity index (χ2n) is 6.38. The van der Waals surface area contributed by atoms with E-state index in [1.807, 2.05) is 0 Å². The molecule has 1 heteroatoms. The van der Waals surface area contributed by atoms with E-state index in [0.717, 1.165) is 6.54 Å². The Bertz CT molecular complexity index is 760. The van der Waals surface area contributed by atoms with Crippen LogP contribution in [0.1, 0.15) is 45.4 Å². The monoisotopic (exact) mass is 305 g/mol. The van der Waals surface area contributed by atoms with Gasteiger partial charge in [0.2, 0.25) is 0 Å². The highest BCUT2D eigenvalue weighted by molar-refractivity contribution is 6.11. The van der Waals surface area contributed by atoms with E-state index in [4.69, 9.17) is 0 Å². The summed E-state index contributed by atoms with van der Waals surface area (Å²) in [5.41, 5.74) is 1.27. The van der Waals surface area contributed by atoms with Crippen molar-refractivity contribution >= 4 is 27.2 Å². The molecular formula is C22H27N. The van der Waals surface area contributed by atoms with Crippen molar-refractivity contribution in [2.75, 3.05) is 11.9 Å². The average molecular weight is 305 g/mol. The summed E-state index contributed by atoms with van der Waals surface area (Å²) in [7, 11) is 0. The van der Waals surface area contributed by atoms with E-state index >= 15 is 0 Å². The SMILES string of the molecule is CCCCCCCCNc1cccc2c1ccc1ccccc12. The zero-order valence-electron chi connectivity index (χ0n) is 14.1. The molecule has 3 aromatic carbocycles. The van der Waals surface area contributed by atoms with Gasteiger partial charge in [0.1, 0.15) is 0 Å². The van der Waals surface area contributed by atoms with Crippen molar-refractivity contribution in [1.82, 2.24) is 0 Å². The Morgan fingerprint density at radius 1 is 0.652 bits per heavy atom. The van der Waals surface area contributed by atoms with Gasteiger partial charge in [-0.25, -0.2) is 0 Å². The first-order valence-corrected chi connectivity index (χ1v) is 9.04. The van der Waals surface area contributed by atoms with Gasteiger partial charge in [-0.2, -0.15) is 0 Å². The van der Waals surface area contributed by atoms with Crippen molar-refractivity contribution < 1.29 is 0 Å². The molecule has 0 aromatic heterocycles. The van der Waals surface area contributed by atoms with Crippen molar-refractivity contribution in [2.45, 2.75) is 45.4 Å². The predicted octanol–water partition coefficient (Wildman–Crippen LogP) is 6.77. The lowest BCUT2D eigenvalue weighted by atomic mass is 10.0. The van der Waals surface area contributed by atoms with Crippen LogP contribution >= 0.6 is 0 Å². The zero-order valence-corrected chi connectivity index (χ0v) is 14.1. The van der Waals surface area contributed by atoms with Gasteiger partial charge >= 0.3 is 0 Å². The zero-order chi connectivity index (χ0) is 15.9. The van der Waals surface area contributed by atoms with Crippen molar-refractivity contribution in [3.8, 4) is 0 Å². The summed E-state index contributed by atoms with van der Waals surface area (Å²) < 4.78 is 0. The summed E-state index contributed by atoms with van der Waals surface area (Å²) in [6.07, 6.45) is 8.05. The topological polar surface area (TPSA) is 12.0 Å². The molecule has 0 radical (unpaired) electrons. The average Bonchev–Trinajstić information content (AvgIpc) is 2.61. The minimum absolute atomic E-state index is 1.07. The third-order valence-electron chi connectivity index (χ3n) is 4.63. The number of unbranched alkanes of at least 4 members (excludes halogenated alkanes) is 5. The summed E-state index contributed by atoms with van der Waals surface area (Å²) in [5.74, 6) is 0. The first kappa shape index (κ1) is 15.9. The summed E-state index contributed by atoms with van der Waals surface area (Å²) >= 11 is 0. The fraction of sp³-hybridized carbons (Fsp3) is 0.364. The molecule has 0 fully saturated rings. The Morgan fingerprint density at radius 3 is 2.35 bits per heavy atom. The maximum absolute atomic E-state index is 3.64. The van der Waals surface area contributed by atoms with Crippen LogP contribution in [0.2, 0.25) is 0 Å². The quantitative estimate of drug-likeness (QED) is 0.358. The molecule has 0 atom stereocenters. The number of fused-ring (bicyclic) bond motifs is 3. The fourth-order valence-electron chi connectivity index (χ4n) is 3.32. The summed E-state index contributed by atoms with van der Waals surface area (Å²) in [6.45, 7) is 3.34. The first-order valence-electron chi connectivity index (χ1n) is 9.04. The Labute approximate surface area is 139 Å². The normalized spacial score (nSPS) is 11.2. The molecule has 0 amide bonds. The van der Waals surface area contributed by atoms with Crippen molar-refractivity contribution in [3.05, 3.63) is 54.6 Å². The highest BCUT2D eigenvalue weighted by Crippen LogP contribution is 2.30. The molecule has 1 N–H and O–H groups in total. The van der Waals surface area contributed by atoms with Gasteiger partial charge in [-0.3, -0.25) is 0 Å². The first-order chi connectivity index (χ1) is 11.4. The van der Waals surface area contributed by atoms with Crippen LogP contribution in [-0.4, -0.2) is 6.54 Å². The molecule has 3 rings (SSSR count). The van der Waals surface area contributed by atoms with Gasteiger partial charge < -0.3 is 5.32 Å². The van der Waals surface area contributed by atoms with Crippen LogP contribution in [0.25, 0.3) is 21.5 Å². The standard InChI is InChI=1S/C22H27N/c1-2-3-4-5-6-9-17-23-22-14-10-13-20-19-12-8-7-11-18(19)15-16-21(20)22/h7-8,10-16,23H,2-6,9,17H2,1H3. The highest BCUT2D eigenvalue weighted by atomic mass is 14.9. The van der Waals surface area contributed by atoms with Crippen LogP contribution in [0.3, 0.4) is 0 Å². The molecule has 0 saturated carbocycles. The summed E-state index contributed by atoms with van der Waals surface area (Å²) in [5, 5.41) is 8.97. The van der Waals surface area contributed by atoms with E-state index < -0.39 is 0 Å². The maximum atomic E-state index is 3.64. The number of nitrogens with one attached hydrogen (secondary N) is 1. The van der Waals surface area contributed by atoms with E-state index in [0.29, 0.717) is 0 Å². The molecule has 0 spiro atoms. The Balaban J connectivity index is 1.68. The molecule has 0 aliphatic heterocycles. The molecule has 0 aliphatic carbocycles. The number of hydrogen-bond acceptors (Lipinski definition) is 1. The van der Waals surface area contributed by atoms with Crippen molar-refractivity contribution in [2.24, 2.45) is 0 Å². The smallest absolute Gasteiger partial charge is 0.0420 e. The van der Waals surface area contributed by atoms with Crippen LogP contribution in [0.5, 0.6) is 0 Å². The lowest BCUT2D eigenvalue weighted by molar-refractivity contribution is 0.617. The molecule has 1 nitrogen and oxygen atoms in total. The number of benzene rings is 3. The van der Waals surface area contributed by atoms with Crippen LogP contribution in [0.4, 0.5) is 5.69 Å². The molecule has 0 saturated heterocycles. The molecule has 3 aromatic rings. The van der Waals surface area contributed by atoms with Gasteiger partial charge in [0.15, 0.2) is 0 Å². The lowest BCUT2D eigenvalue weighted by Gasteiger charge is -2.11. The molecule has 0 bridgehead atoms. The van der Waals surface area contributed by atoms with Crippen molar-refractivity contribution in [3.63, 3.8) is 0 Å². The molecule has 0 heterocycles. The summed E-state index contributed by atoms with van der Waals surface area (Å²) in [4.78, 5) is 0. The molecule has 0 unspecified atom stereocenters. The highest BCUT2D eigenvalue weighted by Gasteiger charge is 2.03. The van der Waals surface area contributed by atoms with Gasteiger partial charge in [-0.05, 0) is 28.6 Å². The minimum atomic E-state index is 1.07. The molecule has 23 heavy (non-hydrogen) atoms. The predicted molar refractivity (Wildman–Crippen MR) is 103 cm³/mol. The van der Waals surface area contributed by atoms with Crippen LogP contribution in [-0.2, 0) is 0 Å². The lowest BCUT2D eigenvalue weighted by Crippen LogP contribution is -2.01. The van der Waals surface area contributed by atoms with Gasteiger partial charge in [0, 0.05) is 17.6 Å². The molecule has 120 valence electrons. The number of anilines is 1. The third kappa shape index (κ3) is 3.85. The van der Waals surface area contributed by atoms with E-state index in [9.17, 15) is 0 Å². The molecular weight excluding hydrogens is 278 g/mol. The van der Waals surface area contributed by atoms with Crippen LogP contribution in [0, 0.1) is 0 Å². The van der Waals surface area contributed by atoms with Gasteiger partial charge in [0.05, 0.1) is 0 Å². The van der Waals surface area contributed by atoms with Gasteiger partial charge in [0.25, 0.3) is 0 Å². The van der Waals surface area contributed by atoms with Crippen molar-refractivity contribution in [1.29, 1.82) is 0 Å². The van der Waals surface area contributed by atoms with Gasteiger partial charge in [-0.1, -0.05) is 87.6 Å². The van der Waals surface area contributed by atoms with Crippen LogP contribution in [0.15, 0.2) is 54.6 Å². The van der Waals surface area contributed by atoms with E-state index in [1.165, 1.54) is 65.8 Å². The second kappa shape index (κ2) is 8.01. The van der Waals surface area contributed by atoms with E-state index in [-0.39, 0.29) is 0 Å². The minimum Gasteiger partial charge on any atom is -0.385 e. The Hall–Kier alpha value is -2.02. The summed E-state index contributed by atoms with van der Waals surface area (Å²) in [6, 6.07) is 19.7. The van der Waals surface area contributed by atoms with E-state index in [1.54, 1.807) is 0 Å². The van der Waals surface area contributed by atoms with Crippen LogP contribution < -0.4 is 5.32 Å². The Kier molecular flexibility index (Phi) is 5.52. The Morgan fingerprint density at radius 2 is 1.43 bits per heavy atom. The fourth-order valence-corrected chi connectivity index (χ4v) is 3.32. The van der Waals surface area contributed by atoms with E-state index in [2.05, 4.69) is 66.8 Å². The second-order valence-corrected chi connectivity index (χ2v) is 6.38. The number of hydrogen-bond donors (Lipinski definition) is 1. The third-order valence-corrected chi connectivity index (χ3v) is 4.63. The van der Waals surface area contributed by atoms with Gasteiger partial charge in [-0.15, -0.1) is 0 Å². The number of rotatable bonds is 8. The largest absolute Gasteiger partial charge is 0.385 e. The maximum Gasteiger partial charge on any atom is 0.0420 e. The molecule has 0 aliphatic rings.